The molecule has 0 aliphatic carbocycles. The van der Waals surface area contributed by atoms with Gasteiger partial charge in [-0.25, -0.2) is 0 Å². The van der Waals surface area contributed by atoms with E-state index in [-0.39, 0.29) is 5.91 Å². The van der Waals surface area contributed by atoms with Gasteiger partial charge in [0.05, 0.1) is 6.54 Å². The van der Waals surface area contributed by atoms with Gasteiger partial charge in [-0.15, -0.1) is 0 Å². The fourth-order valence-electron chi connectivity index (χ4n) is 1.84. The predicted octanol–water partition coefficient (Wildman–Crippen LogP) is 1.31. The molecule has 0 bridgehead atoms. The van der Waals surface area contributed by atoms with Crippen molar-refractivity contribution in [3.63, 3.8) is 0 Å². The minimum atomic E-state index is 0.179. The van der Waals surface area contributed by atoms with Crippen LogP contribution in [-0.4, -0.2) is 37.0 Å². The number of nitrogens with one attached hydrogen (secondary N) is 1. The summed E-state index contributed by atoms with van der Waals surface area (Å²) in [5, 5.41) is 3.84. The quantitative estimate of drug-likeness (QED) is 0.862. The van der Waals surface area contributed by atoms with Gasteiger partial charge in [-0.3, -0.25) is 4.79 Å². The summed E-state index contributed by atoms with van der Waals surface area (Å²) >= 11 is 6.06. The molecule has 1 aliphatic rings. The van der Waals surface area contributed by atoms with Crippen LogP contribution in [0.2, 0.25) is 5.02 Å². The van der Waals surface area contributed by atoms with Gasteiger partial charge >= 0.3 is 0 Å². The molecule has 1 amide bonds. The van der Waals surface area contributed by atoms with Crippen molar-refractivity contribution in [2.24, 2.45) is 0 Å². The summed E-state index contributed by atoms with van der Waals surface area (Å²) < 4.78 is 0. The Hall–Kier alpha value is -1.06. The predicted molar refractivity (Wildman–Crippen MR) is 64.6 cm³/mol. The molecule has 1 aromatic carbocycles. The number of hydrogen-bond acceptors (Lipinski definition) is 2. The zero-order valence-corrected chi connectivity index (χ0v) is 9.83. The van der Waals surface area contributed by atoms with Crippen molar-refractivity contribution in [3.8, 4) is 0 Å². The highest BCUT2D eigenvalue weighted by molar-refractivity contribution is 6.31. The van der Waals surface area contributed by atoms with E-state index in [9.17, 15) is 4.79 Å². The molecule has 0 radical (unpaired) electrons. The molecule has 1 fully saturated rings. The fourth-order valence-corrected chi connectivity index (χ4v) is 2.07. The zero-order valence-electron chi connectivity index (χ0n) is 9.08. The van der Waals surface area contributed by atoms with E-state index in [4.69, 9.17) is 11.6 Å². The highest BCUT2D eigenvalue weighted by Crippen LogP contribution is 2.15. The lowest BCUT2D eigenvalue weighted by atomic mass is 10.1. The van der Waals surface area contributed by atoms with Gasteiger partial charge < -0.3 is 10.2 Å². The van der Waals surface area contributed by atoms with E-state index < -0.39 is 0 Å². The molecule has 16 heavy (non-hydrogen) atoms. The molecule has 4 heteroatoms. The van der Waals surface area contributed by atoms with Gasteiger partial charge in [-0.2, -0.15) is 0 Å². The zero-order chi connectivity index (χ0) is 11.4. The molecule has 1 heterocycles. The lowest BCUT2D eigenvalue weighted by Gasteiger charge is -2.27. The van der Waals surface area contributed by atoms with Crippen LogP contribution < -0.4 is 5.32 Å². The number of benzene rings is 1. The molecule has 1 aromatic rings. The molecular formula is C12H15ClN2O. The smallest absolute Gasteiger partial charge is 0.236 e. The minimum Gasteiger partial charge on any atom is -0.340 e. The number of halogens is 1. The van der Waals surface area contributed by atoms with E-state index in [0.29, 0.717) is 6.54 Å². The molecule has 0 aromatic heterocycles. The summed E-state index contributed by atoms with van der Waals surface area (Å²) in [4.78, 5) is 13.4. The van der Waals surface area contributed by atoms with E-state index in [1.807, 2.05) is 29.2 Å². The average Bonchev–Trinajstić information content (AvgIpc) is 2.30. The van der Waals surface area contributed by atoms with Crippen molar-refractivity contribution in [2.75, 3.05) is 26.2 Å². The number of rotatable bonds is 3. The summed E-state index contributed by atoms with van der Waals surface area (Å²) in [6, 6.07) is 7.79. The molecular weight excluding hydrogens is 224 g/mol. The van der Waals surface area contributed by atoms with Crippen LogP contribution in [0.15, 0.2) is 24.3 Å². The van der Waals surface area contributed by atoms with Crippen molar-refractivity contribution >= 4 is 17.5 Å². The Morgan fingerprint density at radius 2 is 2.19 bits per heavy atom. The molecule has 3 nitrogen and oxygen atoms in total. The van der Waals surface area contributed by atoms with E-state index in [1.165, 1.54) is 0 Å². The molecule has 1 N–H and O–H groups in total. The third-order valence-electron chi connectivity index (χ3n) is 2.80. The van der Waals surface area contributed by atoms with Gasteiger partial charge in [0, 0.05) is 24.7 Å². The Morgan fingerprint density at radius 3 is 2.94 bits per heavy atom. The SMILES string of the molecule is O=C1CNCCN1CCc1ccccc1Cl. The summed E-state index contributed by atoms with van der Waals surface area (Å²) in [6.07, 6.45) is 0.825. The van der Waals surface area contributed by atoms with Crippen LogP contribution in [0.4, 0.5) is 0 Å². The lowest BCUT2D eigenvalue weighted by molar-refractivity contribution is -0.131. The summed E-state index contributed by atoms with van der Waals surface area (Å²) in [5.41, 5.74) is 1.11. The second-order valence-electron chi connectivity index (χ2n) is 3.90. The number of carbonyl (C=O) groups is 1. The minimum absolute atomic E-state index is 0.179. The van der Waals surface area contributed by atoms with Gasteiger partial charge in [-0.05, 0) is 18.1 Å². The lowest BCUT2D eigenvalue weighted by Crippen LogP contribution is -2.48. The maximum atomic E-state index is 11.5. The largest absolute Gasteiger partial charge is 0.340 e. The van der Waals surface area contributed by atoms with E-state index in [2.05, 4.69) is 5.32 Å². The van der Waals surface area contributed by atoms with E-state index in [0.717, 1.165) is 36.6 Å². The Balaban J connectivity index is 1.92. The van der Waals surface area contributed by atoms with Gasteiger partial charge in [0.1, 0.15) is 0 Å². The summed E-state index contributed by atoms with van der Waals surface area (Å²) in [7, 11) is 0. The molecule has 1 aliphatic heterocycles. The third kappa shape index (κ3) is 2.74. The molecule has 0 saturated carbocycles. The first-order chi connectivity index (χ1) is 7.77. The van der Waals surface area contributed by atoms with Crippen molar-refractivity contribution in [2.45, 2.75) is 6.42 Å². The second-order valence-corrected chi connectivity index (χ2v) is 4.31. The van der Waals surface area contributed by atoms with Crippen molar-refractivity contribution in [1.29, 1.82) is 0 Å². The number of carbonyl (C=O) groups excluding carboxylic acids is 1. The van der Waals surface area contributed by atoms with E-state index in [1.54, 1.807) is 0 Å². The topological polar surface area (TPSA) is 32.3 Å². The highest BCUT2D eigenvalue weighted by atomic mass is 35.5. The Bertz CT molecular complexity index is 381. The van der Waals surface area contributed by atoms with Crippen molar-refractivity contribution < 1.29 is 4.79 Å². The summed E-state index contributed by atoms with van der Waals surface area (Å²) in [5.74, 6) is 0.179. The first-order valence-corrected chi connectivity index (χ1v) is 5.87. The number of nitrogens with zero attached hydrogens (tertiary/aromatic N) is 1. The van der Waals surface area contributed by atoms with Crippen LogP contribution in [-0.2, 0) is 11.2 Å². The molecule has 86 valence electrons. The average molecular weight is 239 g/mol. The summed E-state index contributed by atoms with van der Waals surface area (Å²) in [6.45, 7) is 2.89. The van der Waals surface area contributed by atoms with Gasteiger partial charge in [-0.1, -0.05) is 29.8 Å². The fraction of sp³-hybridized carbons (Fsp3) is 0.417. The first kappa shape index (κ1) is 11.4. The molecule has 2 rings (SSSR count). The molecule has 0 unspecified atom stereocenters. The first-order valence-electron chi connectivity index (χ1n) is 5.49. The van der Waals surface area contributed by atoms with Gasteiger partial charge in [0.15, 0.2) is 0 Å². The van der Waals surface area contributed by atoms with Gasteiger partial charge in [0.2, 0.25) is 5.91 Å². The Labute approximate surface area is 100 Å². The van der Waals surface area contributed by atoms with Crippen molar-refractivity contribution in [1.82, 2.24) is 10.2 Å². The van der Waals surface area contributed by atoms with Crippen LogP contribution in [0.3, 0.4) is 0 Å². The monoisotopic (exact) mass is 238 g/mol. The second kappa shape index (κ2) is 5.32. The molecule has 0 atom stereocenters. The van der Waals surface area contributed by atoms with Crippen molar-refractivity contribution in [3.05, 3.63) is 34.9 Å². The Morgan fingerprint density at radius 1 is 1.38 bits per heavy atom. The normalized spacial score (nSPS) is 16.6. The van der Waals surface area contributed by atoms with Crippen LogP contribution in [0.5, 0.6) is 0 Å². The van der Waals surface area contributed by atoms with Crippen LogP contribution in [0.25, 0.3) is 0 Å². The van der Waals surface area contributed by atoms with E-state index >= 15 is 0 Å². The number of piperazine rings is 1. The van der Waals surface area contributed by atoms with Crippen LogP contribution >= 0.6 is 11.6 Å². The van der Waals surface area contributed by atoms with Crippen LogP contribution in [0, 0.1) is 0 Å². The third-order valence-corrected chi connectivity index (χ3v) is 3.17. The maximum Gasteiger partial charge on any atom is 0.236 e. The van der Waals surface area contributed by atoms with Crippen LogP contribution in [0.1, 0.15) is 5.56 Å². The molecule has 0 spiro atoms. The maximum absolute atomic E-state index is 11.5. The van der Waals surface area contributed by atoms with Gasteiger partial charge in [0.25, 0.3) is 0 Å². The molecule has 1 saturated heterocycles. The number of hydrogen-bond donors (Lipinski definition) is 1. The number of amides is 1. The standard InChI is InChI=1S/C12H15ClN2O/c13-11-4-2-1-3-10(11)5-7-15-8-6-14-9-12(15)16/h1-4,14H,5-9H2. The highest BCUT2D eigenvalue weighted by Gasteiger charge is 2.17. The Kier molecular flexibility index (Phi) is 3.80.